The van der Waals surface area contributed by atoms with Gasteiger partial charge in [-0.2, -0.15) is 13.2 Å². The molecule has 2 heterocycles. The second-order valence-electron chi connectivity index (χ2n) is 6.11. The molecule has 2 aromatic carbocycles. The topological polar surface area (TPSA) is 38.2 Å². The van der Waals surface area contributed by atoms with Crippen molar-refractivity contribution in [3.8, 4) is 11.1 Å². The van der Waals surface area contributed by atoms with Crippen molar-refractivity contribution in [2.75, 3.05) is 31.2 Å². The molecule has 7 heteroatoms. The predicted octanol–water partition coefficient (Wildman–Crippen LogP) is 4.15. The summed E-state index contributed by atoms with van der Waals surface area (Å²) in [5.41, 5.74) is 1.88. The van der Waals surface area contributed by atoms with Crippen molar-refractivity contribution in [2.45, 2.75) is 6.18 Å². The number of aromatic nitrogens is 2. The van der Waals surface area contributed by atoms with Crippen molar-refractivity contribution in [1.82, 2.24) is 9.97 Å². The van der Waals surface area contributed by atoms with E-state index in [0.29, 0.717) is 35.4 Å². The van der Waals surface area contributed by atoms with E-state index in [4.69, 9.17) is 4.74 Å². The van der Waals surface area contributed by atoms with E-state index in [0.717, 1.165) is 31.0 Å². The molecule has 3 aromatic rings. The lowest BCUT2D eigenvalue weighted by atomic mass is 10.0. The number of rotatable bonds is 2. The van der Waals surface area contributed by atoms with E-state index >= 15 is 0 Å². The molecule has 4 rings (SSSR count). The van der Waals surface area contributed by atoms with Crippen LogP contribution in [0.5, 0.6) is 0 Å². The fourth-order valence-electron chi connectivity index (χ4n) is 3.00. The normalized spacial score (nSPS) is 15.4. The third-order valence-corrected chi connectivity index (χ3v) is 4.39. The van der Waals surface area contributed by atoms with Gasteiger partial charge in [-0.3, -0.25) is 4.98 Å². The summed E-state index contributed by atoms with van der Waals surface area (Å²) in [7, 11) is 0. The standard InChI is InChI=1S/C19H16F3N3O/c20-19(21,22)15-3-1-2-13(10-15)14-4-5-16-17(11-14)24-18(12-23-16)25-6-8-26-9-7-25/h1-5,10-12H,6-9H2. The molecule has 0 N–H and O–H groups in total. The summed E-state index contributed by atoms with van der Waals surface area (Å²) in [6.07, 6.45) is -2.65. The third-order valence-electron chi connectivity index (χ3n) is 4.39. The van der Waals surface area contributed by atoms with Crippen LogP contribution in [0.2, 0.25) is 0 Å². The van der Waals surface area contributed by atoms with E-state index in [-0.39, 0.29) is 0 Å². The smallest absolute Gasteiger partial charge is 0.378 e. The van der Waals surface area contributed by atoms with E-state index in [1.165, 1.54) is 6.07 Å². The number of halogens is 3. The molecule has 1 aliphatic rings. The molecular formula is C19H16F3N3O. The van der Waals surface area contributed by atoms with Crippen LogP contribution >= 0.6 is 0 Å². The fraction of sp³-hybridized carbons (Fsp3) is 0.263. The Morgan fingerprint density at radius 1 is 0.923 bits per heavy atom. The maximum Gasteiger partial charge on any atom is 0.416 e. The van der Waals surface area contributed by atoms with Crippen LogP contribution in [-0.4, -0.2) is 36.3 Å². The van der Waals surface area contributed by atoms with Gasteiger partial charge in [-0.25, -0.2) is 4.98 Å². The first-order valence-electron chi connectivity index (χ1n) is 8.28. The van der Waals surface area contributed by atoms with E-state index in [2.05, 4.69) is 14.9 Å². The first kappa shape index (κ1) is 16.8. The Kier molecular flexibility index (Phi) is 4.24. The Bertz CT molecular complexity index is 937. The van der Waals surface area contributed by atoms with Gasteiger partial charge >= 0.3 is 6.18 Å². The van der Waals surface area contributed by atoms with E-state index in [1.54, 1.807) is 30.5 Å². The Morgan fingerprint density at radius 3 is 2.46 bits per heavy atom. The van der Waals surface area contributed by atoms with Crippen molar-refractivity contribution < 1.29 is 17.9 Å². The van der Waals surface area contributed by atoms with Crippen molar-refractivity contribution >= 4 is 16.9 Å². The predicted molar refractivity (Wildman–Crippen MR) is 93.0 cm³/mol. The summed E-state index contributed by atoms with van der Waals surface area (Å²) in [6, 6.07) is 10.6. The molecule has 0 radical (unpaired) electrons. The number of morpholine rings is 1. The van der Waals surface area contributed by atoms with Gasteiger partial charge in [-0.05, 0) is 35.4 Å². The average Bonchev–Trinajstić information content (AvgIpc) is 2.67. The number of nitrogens with zero attached hydrogens (tertiary/aromatic N) is 3. The van der Waals surface area contributed by atoms with Gasteiger partial charge in [0.1, 0.15) is 5.82 Å². The van der Waals surface area contributed by atoms with Crippen LogP contribution in [-0.2, 0) is 10.9 Å². The van der Waals surface area contributed by atoms with Crippen LogP contribution in [0.15, 0.2) is 48.7 Å². The highest BCUT2D eigenvalue weighted by Crippen LogP contribution is 2.32. The summed E-state index contributed by atoms with van der Waals surface area (Å²) >= 11 is 0. The van der Waals surface area contributed by atoms with Crippen LogP contribution in [0.25, 0.3) is 22.2 Å². The zero-order valence-corrected chi connectivity index (χ0v) is 13.8. The zero-order chi connectivity index (χ0) is 18.1. The summed E-state index contributed by atoms with van der Waals surface area (Å²) in [5.74, 6) is 0.752. The Morgan fingerprint density at radius 2 is 1.69 bits per heavy atom. The number of benzene rings is 2. The molecular weight excluding hydrogens is 343 g/mol. The molecule has 26 heavy (non-hydrogen) atoms. The quantitative estimate of drug-likeness (QED) is 0.689. The molecule has 0 atom stereocenters. The van der Waals surface area contributed by atoms with Gasteiger partial charge in [0.2, 0.25) is 0 Å². The van der Waals surface area contributed by atoms with Gasteiger partial charge in [-0.1, -0.05) is 18.2 Å². The fourth-order valence-corrected chi connectivity index (χ4v) is 3.00. The highest BCUT2D eigenvalue weighted by atomic mass is 19.4. The van der Waals surface area contributed by atoms with Crippen molar-refractivity contribution in [3.05, 3.63) is 54.2 Å². The lowest BCUT2D eigenvalue weighted by molar-refractivity contribution is -0.137. The van der Waals surface area contributed by atoms with Crippen LogP contribution in [0.1, 0.15) is 5.56 Å². The third kappa shape index (κ3) is 3.35. The molecule has 0 spiro atoms. The number of hydrogen-bond donors (Lipinski definition) is 0. The van der Waals surface area contributed by atoms with Gasteiger partial charge in [0, 0.05) is 13.1 Å². The van der Waals surface area contributed by atoms with E-state index < -0.39 is 11.7 Å². The van der Waals surface area contributed by atoms with Crippen molar-refractivity contribution in [2.24, 2.45) is 0 Å². The number of anilines is 1. The van der Waals surface area contributed by atoms with Crippen molar-refractivity contribution in [3.63, 3.8) is 0 Å². The summed E-state index contributed by atoms with van der Waals surface area (Å²) < 4.78 is 44.2. The molecule has 0 amide bonds. The Hall–Kier alpha value is -2.67. The van der Waals surface area contributed by atoms with E-state index in [1.807, 2.05) is 0 Å². The first-order valence-corrected chi connectivity index (χ1v) is 8.28. The highest BCUT2D eigenvalue weighted by Gasteiger charge is 2.30. The largest absolute Gasteiger partial charge is 0.416 e. The molecule has 1 fully saturated rings. The molecule has 0 bridgehead atoms. The first-order chi connectivity index (χ1) is 12.5. The number of hydrogen-bond acceptors (Lipinski definition) is 4. The molecule has 1 saturated heterocycles. The van der Waals surface area contributed by atoms with Gasteiger partial charge in [0.05, 0.1) is 36.0 Å². The minimum absolute atomic E-state index is 0.500. The second kappa shape index (κ2) is 6.57. The SMILES string of the molecule is FC(F)(F)c1cccc(-c2ccc3ncc(N4CCOCC4)nc3c2)c1. The maximum absolute atomic E-state index is 13.0. The Balaban J connectivity index is 1.72. The monoisotopic (exact) mass is 359 g/mol. The van der Waals surface area contributed by atoms with Crippen LogP contribution in [0, 0.1) is 0 Å². The minimum atomic E-state index is -4.36. The Labute approximate surface area is 148 Å². The molecule has 4 nitrogen and oxygen atoms in total. The molecule has 1 aliphatic heterocycles. The summed E-state index contributed by atoms with van der Waals surface area (Å²) in [5, 5.41) is 0. The number of ether oxygens (including phenoxy) is 1. The van der Waals surface area contributed by atoms with Gasteiger partial charge in [0.25, 0.3) is 0 Å². The molecule has 0 unspecified atom stereocenters. The zero-order valence-electron chi connectivity index (χ0n) is 13.8. The van der Waals surface area contributed by atoms with Gasteiger partial charge < -0.3 is 9.64 Å². The lowest BCUT2D eigenvalue weighted by Crippen LogP contribution is -2.36. The molecule has 134 valence electrons. The highest BCUT2D eigenvalue weighted by molar-refractivity contribution is 5.82. The number of fused-ring (bicyclic) bond motifs is 1. The molecule has 1 aromatic heterocycles. The molecule has 0 aliphatic carbocycles. The lowest BCUT2D eigenvalue weighted by Gasteiger charge is -2.27. The summed E-state index contributed by atoms with van der Waals surface area (Å²) in [6.45, 7) is 2.77. The van der Waals surface area contributed by atoms with Gasteiger partial charge in [-0.15, -0.1) is 0 Å². The second-order valence-corrected chi connectivity index (χ2v) is 6.11. The van der Waals surface area contributed by atoms with E-state index in [9.17, 15) is 13.2 Å². The molecule has 0 saturated carbocycles. The van der Waals surface area contributed by atoms with Gasteiger partial charge in [0.15, 0.2) is 0 Å². The average molecular weight is 359 g/mol. The summed E-state index contributed by atoms with van der Waals surface area (Å²) in [4.78, 5) is 11.2. The minimum Gasteiger partial charge on any atom is -0.378 e. The van der Waals surface area contributed by atoms with Crippen molar-refractivity contribution in [1.29, 1.82) is 0 Å². The number of alkyl halides is 3. The van der Waals surface area contributed by atoms with Crippen LogP contribution in [0.4, 0.5) is 19.0 Å². The maximum atomic E-state index is 13.0. The van der Waals surface area contributed by atoms with Crippen LogP contribution < -0.4 is 4.90 Å². The van der Waals surface area contributed by atoms with Crippen LogP contribution in [0.3, 0.4) is 0 Å².